The molecule has 23 heavy (non-hydrogen) atoms. The molecule has 3 rings (SSSR count). The molecule has 3 aliphatic carbocycles. The van der Waals surface area contributed by atoms with Crippen LogP contribution in [0.3, 0.4) is 0 Å². The molecule has 3 aliphatic rings. The molecule has 1 saturated carbocycles. The van der Waals surface area contributed by atoms with E-state index >= 15 is 0 Å². The summed E-state index contributed by atoms with van der Waals surface area (Å²) >= 11 is 0. The minimum Gasteiger partial charge on any atom is -0.550 e. The summed E-state index contributed by atoms with van der Waals surface area (Å²) in [4.78, 5) is 11.8. The van der Waals surface area contributed by atoms with Crippen LogP contribution in [0.4, 0.5) is 0 Å². The van der Waals surface area contributed by atoms with Gasteiger partial charge in [-0.3, -0.25) is 0 Å². The first-order chi connectivity index (χ1) is 10.3. The molecule has 0 amide bonds. The Labute approximate surface area is 183 Å². The van der Waals surface area contributed by atoms with Gasteiger partial charge >= 0.3 is 51.4 Å². The van der Waals surface area contributed by atoms with E-state index < -0.39 is 11.4 Å². The van der Waals surface area contributed by atoms with Crippen LogP contribution in [0.15, 0.2) is 23.3 Å². The number of rotatable bonds is 2. The minimum absolute atomic E-state index is 0. The van der Waals surface area contributed by atoms with Gasteiger partial charge in [0.05, 0.1) is 0 Å². The summed E-state index contributed by atoms with van der Waals surface area (Å²) in [7, 11) is 0. The fourth-order valence-electron chi connectivity index (χ4n) is 5.59. The van der Waals surface area contributed by atoms with Crippen molar-refractivity contribution in [2.45, 2.75) is 66.2 Å². The molecule has 0 aromatic carbocycles. The average Bonchev–Trinajstić information content (AvgIpc) is 2.46. The van der Waals surface area contributed by atoms with Gasteiger partial charge in [0, 0.05) is 11.4 Å². The molecule has 0 saturated heterocycles. The molecule has 3 heteroatoms. The van der Waals surface area contributed by atoms with Crippen molar-refractivity contribution in [1.82, 2.24) is 0 Å². The summed E-state index contributed by atoms with van der Waals surface area (Å²) in [6.45, 7) is 8.83. The Morgan fingerprint density at radius 1 is 1.30 bits per heavy atom. The van der Waals surface area contributed by atoms with Crippen LogP contribution in [-0.4, -0.2) is 5.97 Å². The quantitative estimate of drug-likeness (QED) is 0.700. The molecule has 0 aromatic heterocycles. The number of carboxylic acid groups (broad SMARTS) is 1. The van der Waals surface area contributed by atoms with E-state index in [0.717, 1.165) is 25.7 Å². The summed E-state index contributed by atoms with van der Waals surface area (Å²) < 4.78 is 0. The van der Waals surface area contributed by atoms with E-state index in [2.05, 4.69) is 32.9 Å². The van der Waals surface area contributed by atoms with Crippen LogP contribution in [0.2, 0.25) is 0 Å². The van der Waals surface area contributed by atoms with Crippen molar-refractivity contribution in [2.75, 3.05) is 0 Å². The first-order valence-electron chi connectivity index (χ1n) is 8.91. The summed E-state index contributed by atoms with van der Waals surface area (Å²) in [5.74, 6) is 0.538. The molecule has 0 heterocycles. The van der Waals surface area contributed by atoms with E-state index in [4.69, 9.17) is 0 Å². The second-order valence-electron chi connectivity index (χ2n) is 8.52. The maximum atomic E-state index is 11.8. The van der Waals surface area contributed by atoms with Crippen LogP contribution in [0.1, 0.15) is 66.2 Å². The summed E-state index contributed by atoms with van der Waals surface area (Å²) in [6.07, 6.45) is 11.0. The first-order valence-corrected chi connectivity index (χ1v) is 8.91. The van der Waals surface area contributed by atoms with Crippen molar-refractivity contribution < 1.29 is 61.3 Å². The van der Waals surface area contributed by atoms with Gasteiger partial charge in [-0.2, -0.15) is 0 Å². The molecule has 0 aromatic rings. The first kappa shape index (κ1) is 19.9. The number of fused-ring (bicyclic) bond motifs is 3. The number of allylic oxidation sites excluding steroid dienone is 4. The van der Waals surface area contributed by atoms with Gasteiger partial charge in [-0.15, -0.1) is 0 Å². The Kier molecular flexibility index (Phi) is 6.12. The average molecular weight is 341 g/mol. The van der Waals surface area contributed by atoms with Crippen LogP contribution in [0, 0.1) is 28.6 Å². The van der Waals surface area contributed by atoms with Crippen molar-refractivity contribution in [3.05, 3.63) is 23.3 Å². The second kappa shape index (κ2) is 7.07. The monoisotopic (exact) mass is 340 g/mol. The topological polar surface area (TPSA) is 40.1 Å². The SMILES string of the molecule is CC(C)C1=CC2=CCC3[C@](C)(C(=O)[O-])CCC[C@]3(C)[C@H]2CC1.[K+]. The van der Waals surface area contributed by atoms with E-state index in [1.807, 2.05) is 6.92 Å². The minimum atomic E-state index is -0.838. The summed E-state index contributed by atoms with van der Waals surface area (Å²) in [6, 6.07) is 0. The van der Waals surface area contributed by atoms with E-state index in [0.29, 0.717) is 11.8 Å². The van der Waals surface area contributed by atoms with Gasteiger partial charge < -0.3 is 9.90 Å². The third-order valence-electron chi connectivity index (χ3n) is 7.05. The second-order valence-corrected chi connectivity index (χ2v) is 8.52. The number of carbonyl (C=O) groups excluding carboxylic acids is 1. The molecule has 1 fully saturated rings. The van der Waals surface area contributed by atoms with Crippen LogP contribution in [-0.2, 0) is 4.79 Å². The fourth-order valence-corrected chi connectivity index (χ4v) is 5.59. The van der Waals surface area contributed by atoms with Crippen molar-refractivity contribution in [2.24, 2.45) is 28.6 Å². The normalized spacial score (nSPS) is 39.5. The summed E-state index contributed by atoms with van der Waals surface area (Å²) in [5, 5.41) is 11.8. The van der Waals surface area contributed by atoms with Crippen LogP contribution < -0.4 is 56.5 Å². The fraction of sp³-hybridized carbons (Fsp3) is 0.750. The zero-order valence-corrected chi connectivity index (χ0v) is 18.6. The molecular formula is C20H29KO2. The Hall–Kier alpha value is 0.586. The van der Waals surface area contributed by atoms with Gasteiger partial charge in [0.25, 0.3) is 0 Å². The largest absolute Gasteiger partial charge is 1.00 e. The predicted molar refractivity (Wildman–Crippen MR) is 86.9 cm³/mol. The van der Waals surface area contributed by atoms with Crippen LogP contribution >= 0.6 is 0 Å². The third-order valence-corrected chi connectivity index (χ3v) is 7.05. The number of hydrogen-bond donors (Lipinski definition) is 0. The van der Waals surface area contributed by atoms with E-state index in [1.54, 1.807) is 5.57 Å². The van der Waals surface area contributed by atoms with Crippen LogP contribution in [0.5, 0.6) is 0 Å². The molecule has 1 unspecified atom stereocenters. The van der Waals surface area contributed by atoms with Gasteiger partial charge in [-0.05, 0) is 60.8 Å². The van der Waals surface area contributed by atoms with Crippen molar-refractivity contribution in [3.63, 3.8) is 0 Å². The Morgan fingerprint density at radius 3 is 2.61 bits per heavy atom. The maximum Gasteiger partial charge on any atom is 1.00 e. The molecule has 0 radical (unpaired) electrons. The molecule has 2 nitrogen and oxygen atoms in total. The van der Waals surface area contributed by atoms with Gasteiger partial charge in [0.15, 0.2) is 0 Å². The third kappa shape index (κ3) is 3.21. The molecule has 0 spiro atoms. The Bertz CT molecular complexity index is 548. The zero-order chi connectivity index (χ0) is 16.1. The van der Waals surface area contributed by atoms with Gasteiger partial charge in [0.1, 0.15) is 0 Å². The van der Waals surface area contributed by atoms with Gasteiger partial charge in [-0.1, -0.05) is 51.8 Å². The number of carbonyl (C=O) groups is 1. The number of aliphatic carboxylic acids is 1. The molecule has 122 valence electrons. The molecular weight excluding hydrogens is 311 g/mol. The Morgan fingerprint density at radius 2 is 2.00 bits per heavy atom. The van der Waals surface area contributed by atoms with Gasteiger partial charge in [-0.25, -0.2) is 0 Å². The van der Waals surface area contributed by atoms with E-state index in [1.165, 1.54) is 18.4 Å². The maximum absolute atomic E-state index is 11.8. The van der Waals surface area contributed by atoms with Crippen molar-refractivity contribution in [3.8, 4) is 0 Å². The summed E-state index contributed by atoms with van der Waals surface area (Å²) in [5.41, 5.74) is 2.51. The standard InChI is InChI=1S/C20H30O2.K/c1-13(2)14-6-8-16-15(12-14)7-9-17-19(16,3)10-5-11-20(17,4)18(21)22;/h7,12-13,16-17H,5-6,8-11H2,1-4H3,(H,21,22);/q;+1/p-1/t16-,17?,19+,20+;/m0./s1. The molecule has 0 bridgehead atoms. The number of hydrogen-bond acceptors (Lipinski definition) is 2. The Balaban J connectivity index is 0.00000192. The number of carboxylic acids is 1. The predicted octanol–water partition coefficient (Wildman–Crippen LogP) is 0.876. The van der Waals surface area contributed by atoms with Crippen molar-refractivity contribution in [1.29, 1.82) is 0 Å². The van der Waals surface area contributed by atoms with Crippen molar-refractivity contribution >= 4 is 5.97 Å². The molecule has 0 aliphatic heterocycles. The molecule has 4 atom stereocenters. The van der Waals surface area contributed by atoms with Crippen LogP contribution in [0.25, 0.3) is 0 Å². The van der Waals surface area contributed by atoms with E-state index in [-0.39, 0.29) is 62.7 Å². The van der Waals surface area contributed by atoms with Gasteiger partial charge in [0.2, 0.25) is 0 Å². The van der Waals surface area contributed by atoms with E-state index in [9.17, 15) is 9.90 Å². The smallest absolute Gasteiger partial charge is 0.550 e. The molecule has 0 N–H and O–H groups in total. The zero-order valence-electron chi connectivity index (χ0n) is 15.4.